The monoisotopic (exact) mass is 387 g/mol. The van der Waals surface area contributed by atoms with Crippen LogP contribution in [0.25, 0.3) is 0 Å². The first-order valence-corrected chi connectivity index (χ1v) is 7.86. The van der Waals surface area contributed by atoms with Gasteiger partial charge in [-0.25, -0.2) is 0 Å². The summed E-state index contributed by atoms with van der Waals surface area (Å²) < 4.78 is 48.4. The standard InChI is InChI=1S/C16H16F3N3O3S/c1-10(25-12-5-2-4-11(8-12)16(17,18)19)14(23)21-22-15(26)20-9-13-6-3-7-24-13/h2-8,10H,9H2,1H3,(H,21,23)(H2,20,22,26)/t10-/m0/s1. The van der Waals surface area contributed by atoms with Gasteiger partial charge in [-0.05, 0) is 49.5 Å². The Balaban J connectivity index is 1.79. The van der Waals surface area contributed by atoms with Crippen LogP contribution >= 0.6 is 12.2 Å². The molecule has 3 N–H and O–H groups in total. The Labute approximate surface area is 152 Å². The Morgan fingerprint density at radius 3 is 2.69 bits per heavy atom. The number of alkyl halides is 3. The van der Waals surface area contributed by atoms with E-state index in [1.807, 2.05) is 0 Å². The number of amides is 1. The molecule has 0 spiro atoms. The van der Waals surface area contributed by atoms with Gasteiger partial charge in [-0.1, -0.05) is 6.07 Å². The second-order valence-electron chi connectivity index (χ2n) is 5.16. The van der Waals surface area contributed by atoms with Gasteiger partial charge < -0.3 is 14.5 Å². The number of benzene rings is 1. The summed E-state index contributed by atoms with van der Waals surface area (Å²) in [7, 11) is 0. The van der Waals surface area contributed by atoms with Gasteiger partial charge >= 0.3 is 6.18 Å². The lowest BCUT2D eigenvalue weighted by molar-refractivity contribution is -0.137. The molecule has 0 fully saturated rings. The van der Waals surface area contributed by atoms with Crippen molar-refractivity contribution < 1.29 is 27.1 Å². The summed E-state index contributed by atoms with van der Waals surface area (Å²) in [6, 6.07) is 7.76. The minimum absolute atomic E-state index is 0.0685. The first kappa shape index (κ1) is 19.6. The maximum absolute atomic E-state index is 12.7. The quantitative estimate of drug-likeness (QED) is 0.541. The summed E-state index contributed by atoms with van der Waals surface area (Å²) in [5, 5.41) is 2.94. The average molecular weight is 387 g/mol. The van der Waals surface area contributed by atoms with Gasteiger partial charge in [-0.2, -0.15) is 13.2 Å². The lowest BCUT2D eigenvalue weighted by Gasteiger charge is -2.17. The summed E-state index contributed by atoms with van der Waals surface area (Å²) in [4.78, 5) is 11.9. The minimum Gasteiger partial charge on any atom is -0.481 e. The second-order valence-corrected chi connectivity index (χ2v) is 5.57. The Morgan fingerprint density at radius 2 is 2.04 bits per heavy atom. The van der Waals surface area contributed by atoms with Crippen molar-refractivity contribution in [1.82, 2.24) is 16.2 Å². The van der Waals surface area contributed by atoms with Crippen molar-refractivity contribution in [2.24, 2.45) is 0 Å². The number of carbonyl (C=O) groups is 1. The highest BCUT2D eigenvalue weighted by Crippen LogP contribution is 2.31. The predicted molar refractivity (Wildman–Crippen MR) is 91.0 cm³/mol. The van der Waals surface area contributed by atoms with E-state index in [-0.39, 0.29) is 10.9 Å². The van der Waals surface area contributed by atoms with Crippen LogP contribution in [0.4, 0.5) is 13.2 Å². The number of thiocarbonyl (C=S) groups is 1. The van der Waals surface area contributed by atoms with Gasteiger partial charge in [0.05, 0.1) is 18.4 Å². The van der Waals surface area contributed by atoms with Crippen LogP contribution < -0.4 is 20.9 Å². The van der Waals surface area contributed by atoms with Crippen LogP contribution in [0.15, 0.2) is 47.1 Å². The van der Waals surface area contributed by atoms with Crippen molar-refractivity contribution >= 4 is 23.2 Å². The molecule has 1 amide bonds. The van der Waals surface area contributed by atoms with Crippen LogP contribution in [-0.4, -0.2) is 17.1 Å². The topological polar surface area (TPSA) is 75.5 Å². The van der Waals surface area contributed by atoms with E-state index in [0.717, 1.165) is 12.1 Å². The van der Waals surface area contributed by atoms with Crippen molar-refractivity contribution in [2.45, 2.75) is 25.7 Å². The normalized spacial score (nSPS) is 12.2. The number of hydrogen-bond donors (Lipinski definition) is 3. The Bertz CT molecular complexity index is 751. The first-order chi connectivity index (χ1) is 12.3. The zero-order chi connectivity index (χ0) is 19.2. The molecule has 140 valence electrons. The molecule has 0 saturated carbocycles. The van der Waals surface area contributed by atoms with Crippen molar-refractivity contribution in [2.75, 3.05) is 0 Å². The highest BCUT2D eigenvalue weighted by Gasteiger charge is 2.30. The number of nitrogens with one attached hydrogen (secondary N) is 3. The van der Waals surface area contributed by atoms with Gasteiger partial charge in [0, 0.05) is 0 Å². The molecule has 0 saturated heterocycles. The molecule has 0 aliphatic rings. The summed E-state index contributed by atoms with van der Waals surface area (Å²) >= 11 is 4.98. The average Bonchev–Trinajstić information content (AvgIpc) is 3.10. The van der Waals surface area contributed by atoms with Gasteiger partial charge in [0.2, 0.25) is 0 Å². The molecule has 0 aliphatic heterocycles. The molecule has 6 nitrogen and oxygen atoms in total. The van der Waals surface area contributed by atoms with Crippen LogP contribution in [0.1, 0.15) is 18.2 Å². The van der Waals surface area contributed by atoms with E-state index in [9.17, 15) is 18.0 Å². The van der Waals surface area contributed by atoms with Crippen LogP contribution in [-0.2, 0) is 17.5 Å². The Morgan fingerprint density at radius 1 is 1.27 bits per heavy atom. The molecule has 1 aromatic heterocycles. The van der Waals surface area contributed by atoms with Crippen LogP contribution in [0.5, 0.6) is 5.75 Å². The van der Waals surface area contributed by atoms with Crippen molar-refractivity contribution in [3.8, 4) is 5.75 Å². The summed E-state index contributed by atoms with van der Waals surface area (Å²) in [6.07, 6.45) is -4.01. The molecule has 2 aromatic rings. The molecule has 2 rings (SSSR count). The van der Waals surface area contributed by atoms with Gasteiger partial charge in [0.25, 0.3) is 5.91 Å². The van der Waals surface area contributed by atoms with Crippen LogP contribution in [0.3, 0.4) is 0 Å². The molecule has 0 bridgehead atoms. The van der Waals surface area contributed by atoms with E-state index < -0.39 is 23.8 Å². The molecule has 0 aliphatic carbocycles. The van der Waals surface area contributed by atoms with E-state index in [4.69, 9.17) is 21.4 Å². The largest absolute Gasteiger partial charge is 0.481 e. The number of rotatable bonds is 5. The van der Waals surface area contributed by atoms with E-state index in [2.05, 4.69) is 16.2 Å². The lowest BCUT2D eigenvalue weighted by atomic mass is 10.2. The van der Waals surface area contributed by atoms with Gasteiger partial charge in [-0.15, -0.1) is 0 Å². The molecule has 0 unspecified atom stereocenters. The number of hydrogen-bond acceptors (Lipinski definition) is 4. The van der Waals surface area contributed by atoms with E-state index in [1.165, 1.54) is 25.3 Å². The fraction of sp³-hybridized carbons (Fsp3) is 0.250. The van der Waals surface area contributed by atoms with Gasteiger partial charge in [0.1, 0.15) is 11.5 Å². The molecular formula is C16H16F3N3O3S. The van der Waals surface area contributed by atoms with Crippen molar-refractivity contribution in [3.63, 3.8) is 0 Å². The number of carbonyl (C=O) groups excluding carboxylic acids is 1. The van der Waals surface area contributed by atoms with Crippen molar-refractivity contribution in [3.05, 3.63) is 54.0 Å². The highest BCUT2D eigenvalue weighted by atomic mass is 32.1. The summed E-state index contributed by atoms with van der Waals surface area (Å²) in [5.74, 6) is -0.0210. The molecule has 1 aromatic carbocycles. The van der Waals surface area contributed by atoms with Crippen LogP contribution in [0.2, 0.25) is 0 Å². The van der Waals surface area contributed by atoms with E-state index in [0.29, 0.717) is 12.3 Å². The highest BCUT2D eigenvalue weighted by molar-refractivity contribution is 7.80. The van der Waals surface area contributed by atoms with Crippen LogP contribution in [0, 0.1) is 0 Å². The third kappa shape index (κ3) is 5.96. The van der Waals surface area contributed by atoms with Crippen molar-refractivity contribution in [1.29, 1.82) is 0 Å². The maximum atomic E-state index is 12.7. The number of halogens is 3. The third-order valence-corrected chi connectivity index (χ3v) is 3.39. The molecule has 26 heavy (non-hydrogen) atoms. The summed E-state index contributed by atoms with van der Waals surface area (Å²) in [6.45, 7) is 1.72. The number of furan rings is 1. The smallest absolute Gasteiger partial charge is 0.416 e. The molecule has 1 heterocycles. The fourth-order valence-corrected chi connectivity index (χ4v) is 1.97. The Kier molecular flexibility index (Phi) is 6.45. The fourth-order valence-electron chi connectivity index (χ4n) is 1.85. The van der Waals surface area contributed by atoms with Gasteiger partial charge in [-0.3, -0.25) is 15.6 Å². The molecular weight excluding hydrogens is 371 g/mol. The lowest BCUT2D eigenvalue weighted by Crippen LogP contribution is -2.50. The van der Waals surface area contributed by atoms with Gasteiger partial charge in [0.15, 0.2) is 11.2 Å². The van der Waals surface area contributed by atoms with E-state index in [1.54, 1.807) is 12.1 Å². The SMILES string of the molecule is C[C@H](Oc1cccc(C(F)(F)F)c1)C(=O)NNC(=S)NCc1ccco1. The minimum atomic E-state index is -4.49. The molecule has 0 radical (unpaired) electrons. The zero-order valence-electron chi connectivity index (χ0n) is 13.6. The number of ether oxygens (including phenoxy) is 1. The summed E-state index contributed by atoms with van der Waals surface area (Å²) in [5.41, 5.74) is 3.92. The second kappa shape index (κ2) is 8.56. The maximum Gasteiger partial charge on any atom is 0.416 e. The molecule has 10 heteroatoms. The zero-order valence-corrected chi connectivity index (χ0v) is 14.4. The first-order valence-electron chi connectivity index (χ1n) is 7.45. The number of hydrazine groups is 1. The van der Waals surface area contributed by atoms with E-state index >= 15 is 0 Å². The Hall–Kier alpha value is -2.75. The third-order valence-electron chi connectivity index (χ3n) is 3.15. The predicted octanol–water partition coefficient (Wildman–Crippen LogP) is 2.76. The molecule has 1 atom stereocenters.